The van der Waals surface area contributed by atoms with Crippen LogP contribution in [0.2, 0.25) is 0 Å². The minimum atomic E-state index is -0.326. The molecule has 0 aliphatic carbocycles. The van der Waals surface area contributed by atoms with E-state index in [9.17, 15) is 10.1 Å². The Morgan fingerprint density at radius 3 is 2.50 bits per heavy atom. The molecule has 0 aliphatic heterocycles. The summed E-state index contributed by atoms with van der Waals surface area (Å²) in [7, 11) is 1.76. The molecular weight excluding hydrogens is 274 g/mol. The highest BCUT2D eigenvalue weighted by atomic mass is 79.9. The van der Waals surface area contributed by atoms with Crippen LogP contribution in [0.15, 0.2) is 0 Å². The maximum atomic E-state index is 11.1. The van der Waals surface area contributed by atoms with E-state index in [2.05, 4.69) is 21.0 Å². The van der Waals surface area contributed by atoms with Gasteiger partial charge in [0.05, 0.1) is 4.92 Å². The summed E-state index contributed by atoms with van der Waals surface area (Å²) in [4.78, 5) is 10.9. The van der Waals surface area contributed by atoms with Crippen LogP contribution < -0.4 is 0 Å². The van der Waals surface area contributed by atoms with Crippen LogP contribution in [-0.2, 0) is 13.5 Å². The Bertz CT molecular complexity index is 401. The third-order valence-electron chi connectivity index (χ3n) is 2.77. The fourth-order valence-electron chi connectivity index (χ4n) is 1.75. The maximum absolute atomic E-state index is 11.1. The van der Waals surface area contributed by atoms with E-state index in [-0.39, 0.29) is 21.4 Å². The van der Waals surface area contributed by atoms with Crippen molar-refractivity contribution in [2.24, 2.45) is 7.05 Å². The molecule has 6 heteroatoms. The normalized spacial score (nSPS) is 14.8. The lowest BCUT2D eigenvalue weighted by molar-refractivity contribution is -0.386. The Kier molecular flexibility index (Phi) is 4.07. The molecule has 1 aromatic rings. The molecule has 2 atom stereocenters. The van der Waals surface area contributed by atoms with Crippen molar-refractivity contribution in [2.75, 3.05) is 0 Å². The van der Waals surface area contributed by atoms with Crippen LogP contribution in [-0.4, -0.2) is 19.5 Å². The second kappa shape index (κ2) is 4.95. The van der Waals surface area contributed by atoms with Gasteiger partial charge in [0, 0.05) is 17.8 Å². The predicted molar refractivity (Wildman–Crippen MR) is 66.0 cm³/mol. The molecule has 0 spiro atoms. The van der Waals surface area contributed by atoms with Crippen molar-refractivity contribution in [2.45, 2.75) is 37.9 Å². The van der Waals surface area contributed by atoms with E-state index < -0.39 is 0 Å². The quantitative estimate of drug-likeness (QED) is 0.486. The van der Waals surface area contributed by atoms with E-state index >= 15 is 0 Å². The lowest BCUT2D eigenvalue weighted by Gasteiger charge is -2.13. The second-order valence-corrected chi connectivity index (χ2v) is 5.33. The topological polar surface area (TPSA) is 61.0 Å². The molecule has 0 aromatic carbocycles. The number of nitrogens with zero attached hydrogens (tertiary/aromatic N) is 3. The van der Waals surface area contributed by atoms with Crippen LogP contribution >= 0.6 is 15.9 Å². The van der Waals surface area contributed by atoms with Crippen molar-refractivity contribution < 1.29 is 4.92 Å². The zero-order valence-corrected chi connectivity index (χ0v) is 11.5. The van der Waals surface area contributed by atoms with Gasteiger partial charge in [-0.25, -0.2) is 0 Å². The molecule has 90 valence electrons. The van der Waals surface area contributed by atoms with Gasteiger partial charge in [-0.15, -0.1) is 0 Å². The first-order valence-electron chi connectivity index (χ1n) is 5.24. The Hall–Kier alpha value is -0.910. The van der Waals surface area contributed by atoms with E-state index in [0.717, 1.165) is 0 Å². The van der Waals surface area contributed by atoms with Crippen LogP contribution in [0.4, 0.5) is 5.69 Å². The summed E-state index contributed by atoms with van der Waals surface area (Å²) in [6.45, 7) is 5.82. The average molecular weight is 290 g/mol. The van der Waals surface area contributed by atoms with Gasteiger partial charge in [0.1, 0.15) is 11.4 Å². The van der Waals surface area contributed by atoms with Crippen molar-refractivity contribution in [1.29, 1.82) is 0 Å². The average Bonchev–Trinajstić information content (AvgIpc) is 2.53. The van der Waals surface area contributed by atoms with Crippen LogP contribution in [0.3, 0.4) is 0 Å². The summed E-state index contributed by atoms with van der Waals surface area (Å²) in [5.41, 5.74) is 1.41. The van der Waals surface area contributed by atoms with E-state index in [1.165, 1.54) is 0 Å². The molecule has 16 heavy (non-hydrogen) atoms. The first kappa shape index (κ1) is 13.2. The van der Waals surface area contributed by atoms with Gasteiger partial charge in [-0.05, 0) is 6.42 Å². The van der Waals surface area contributed by atoms with Crippen molar-refractivity contribution in [3.8, 4) is 0 Å². The monoisotopic (exact) mass is 289 g/mol. The first-order valence-corrected chi connectivity index (χ1v) is 6.15. The molecular formula is C10H16BrN3O2. The maximum Gasteiger partial charge on any atom is 0.313 e. The molecule has 0 aliphatic rings. The predicted octanol–water partition coefficient (Wildman–Crippen LogP) is 2.78. The second-order valence-electron chi connectivity index (χ2n) is 3.88. The zero-order valence-electron chi connectivity index (χ0n) is 9.90. The molecule has 0 bridgehead atoms. The standard InChI is InChI=1S/C10H16BrN3O2/c1-5-8-10(14(15)16)9(13(4)12-8)6(2)7(3)11/h6-7H,5H2,1-4H3. The number of halogens is 1. The third kappa shape index (κ3) is 2.26. The number of nitro groups is 1. The fraction of sp³-hybridized carbons (Fsp3) is 0.700. The highest BCUT2D eigenvalue weighted by Gasteiger charge is 2.30. The zero-order chi connectivity index (χ0) is 12.5. The van der Waals surface area contributed by atoms with Gasteiger partial charge in [0.15, 0.2) is 0 Å². The minimum Gasteiger partial charge on any atom is -0.265 e. The van der Waals surface area contributed by atoms with Gasteiger partial charge in [-0.2, -0.15) is 5.10 Å². The summed E-state index contributed by atoms with van der Waals surface area (Å²) < 4.78 is 1.62. The number of aryl methyl sites for hydroxylation is 2. The van der Waals surface area contributed by atoms with Crippen molar-refractivity contribution in [3.05, 3.63) is 21.5 Å². The van der Waals surface area contributed by atoms with Crippen molar-refractivity contribution in [1.82, 2.24) is 9.78 Å². The van der Waals surface area contributed by atoms with E-state index in [1.807, 2.05) is 20.8 Å². The molecule has 0 fully saturated rings. The highest BCUT2D eigenvalue weighted by molar-refractivity contribution is 9.09. The lowest BCUT2D eigenvalue weighted by atomic mass is 10.0. The first-order chi connectivity index (χ1) is 7.40. The molecule has 5 nitrogen and oxygen atoms in total. The largest absolute Gasteiger partial charge is 0.313 e. The molecule has 0 saturated carbocycles. The van der Waals surface area contributed by atoms with E-state index in [1.54, 1.807) is 11.7 Å². The number of rotatable bonds is 4. The fourth-order valence-corrected chi connectivity index (χ4v) is 2.00. The molecule has 1 heterocycles. The van der Waals surface area contributed by atoms with Crippen LogP contribution in [0.25, 0.3) is 0 Å². The Morgan fingerprint density at radius 1 is 1.56 bits per heavy atom. The smallest absolute Gasteiger partial charge is 0.265 e. The minimum absolute atomic E-state index is 0.0539. The lowest BCUT2D eigenvalue weighted by Crippen LogP contribution is -2.11. The third-order valence-corrected chi connectivity index (χ3v) is 3.57. The molecule has 1 rings (SSSR count). The van der Waals surface area contributed by atoms with E-state index in [0.29, 0.717) is 17.8 Å². The van der Waals surface area contributed by atoms with Gasteiger partial charge in [-0.1, -0.05) is 36.7 Å². The van der Waals surface area contributed by atoms with Crippen LogP contribution in [0.5, 0.6) is 0 Å². The number of aromatic nitrogens is 2. The number of hydrogen-bond donors (Lipinski definition) is 0. The van der Waals surface area contributed by atoms with Gasteiger partial charge in [0.2, 0.25) is 0 Å². The SMILES string of the molecule is CCc1nn(C)c(C(C)C(C)Br)c1[N+](=O)[O-]. The molecule has 0 radical (unpaired) electrons. The molecule has 2 unspecified atom stereocenters. The Labute approximate surface area is 103 Å². The Balaban J connectivity index is 3.36. The summed E-state index contributed by atoms with van der Waals surface area (Å²) in [5.74, 6) is 0.0539. The summed E-state index contributed by atoms with van der Waals surface area (Å²) >= 11 is 3.46. The van der Waals surface area contributed by atoms with Gasteiger partial charge in [0.25, 0.3) is 0 Å². The summed E-state index contributed by atoms with van der Waals surface area (Å²) in [6, 6.07) is 0. The molecule has 1 aromatic heterocycles. The molecule has 0 amide bonds. The van der Waals surface area contributed by atoms with Crippen LogP contribution in [0, 0.1) is 10.1 Å². The summed E-state index contributed by atoms with van der Waals surface area (Å²) in [5, 5.41) is 15.3. The van der Waals surface area contributed by atoms with Gasteiger partial charge >= 0.3 is 5.69 Å². The van der Waals surface area contributed by atoms with E-state index in [4.69, 9.17) is 0 Å². The van der Waals surface area contributed by atoms with Crippen molar-refractivity contribution >= 4 is 21.6 Å². The molecule has 0 N–H and O–H groups in total. The summed E-state index contributed by atoms with van der Waals surface area (Å²) in [6.07, 6.45) is 0.577. The highest BCUT2D eigenvalue weighted by Crippen LogP contribution is 2.33. The number of alkyl halides is 1. The molecule has 0 saturated heterocycles. The van der Waals surface area contributed by atoms with Crippen molar-refractivity contribution in [3.63, 3.8) is 0 Å². The van der Waals surface area contributed by atoms with Gasteiger partial charge in [-0.3, -0.25) is 14.8 Å². The Morgan fingerprint density at radius 2 is 2.12 bits per heavy atom. The number of hydrogen-bond acceptors (Lipinski definition) is 3. The van der Waals surface area contributed by atoms with Crippen LogP contribution in [0.1, 0.15) is 38.1 Å². The van der Waals surface area contributed by atoms with Gasteiger partial charge < -0.3 is 0 Å².